The fourth-order valence-corrected chi connectivity index (χ4v) is 3.04. The molecule has 4 rings (SSSR count). The summed E-state index contributed by atoms with van der Waals surface area (Å²) >= 11 is 0. The van der Waals surface area contributed by atoms with Crippen LogP contribution >= 0.6 is 0 Å². The summed E-state index contributed by atoms with van der Waals surface area (Å²) in [7, 11) is 0. The van der Waals surface area contributed by atoms with Crippen molar-refractivity contribution in [1.29, 1.82) is 0 Å². The van der Waals surface area contributed by atoms with Gasteiger partial charge in [0.2, 0.25) is 0 Å². The van der Waals surface area contributed by atoms with Gasteiger partial charge in [-0.3, -0.25) is 14.9 Å². The van der Waals surface area contributed by atoms with Crippen molar-refractivity contribution in [1.82, 2.24) is 14.8 Å². The number of fused-ring (bicyclic) bond motifs is 1. The predicted molar refractivity (Wildman–Crippen MR) is 98.0 cm³/mol. The Balaban J connectivity index is 0.00000225. The molecule has 0 spiro atoms. The smallest absolute Gasteiger partial charge is 0.858 e. The van der Waals surface area contributed by atoms with E-state index in [1.165, 1.54) is 35.0 Å². The van der Waals surface area contributed by atoms with Crippen molar-refractivity contribution in [2.45, 2.75) is 6.92 Å². The van der Waals surface area contributed by atoms with Crippen LogP contribution in [-0.2, 0) is 0 Å². The summed E-state index contributed by atoms with van der Waals surface area (Å²) in [4.78, 5) is 25.7. The standard InChI is InChI=1S/C19H14N4O4.Na/c1-11-18(16-10-17(24)14-4-2-3-5-15(14)20-16)19(25)22(21-11)12-6-8-13(9-7-12)23(26)27;/h2-10,25H,1H3,(H,20,24);/q;+1/p-1. The van der Waals surface area contributed by atoms with Gasteiger partial charge in [-0.1, -0.05) is 12.1 Å². The summed E-state index contributed by atoms with van der Waals surface area (Å²) in [5, 5.41) is 28.5. The Kier molecular flexibility index (Phi) is 5.37. The molecule has 0 amide bonds. The van der Waals surface area contributed by atoms with Crippen LogP contribution < -0.4 is 40.1 Å². The van der Waals surface area contributed by atoms with Crippen LogP contribution in [0.4, 0.5) is 5.69 Å². The molecule has 0 fully saturated rings. The summed E-state index contributed by atoms with van der Waals surface area (Å²) in [5.74, 6) is -0.410. The second kappa shape index (κ2) is 7.59. The van der Waals surface area contributed by atoms with Gasteiger partial charge in [-0.25, -0.2) is 4.68 Å². The number of hydrogen-bond acceptors (Lipinski definition) is 5. The number of non-ortho nitro benzene ring substituents is 1. The molecule has 0 radical (unpaired) electrons. The van der Waals surface area contributed by atoms with E-state index in [0.717, 1.165) is 0 Å². The van der Waals surface area contributed by atoms with E-state index in [2.05, 4.69) is 10.1 Å². The van der Waals surface area contributed by atoms with Gasteiger partial charge in [0.15, 0.2) is 5.43 Å². The molecule has 134 valence electrons. The largest absolute Gasteiger partial charge is 1.00 e. The van der Waals surface area contributed by atoms with E-state index in [1.807, 2.05) is 0 Å². The molecular formula is C19H13N4NaO4. The van der Waals surface area contributed by atoms with Gasteiger partial charge < -0.3 is 10.1 Å². The first kappa shape index (κ1) is 19.8. The summed E-state index contributed by atoms with van der Waals surface area (Å²) in [6, 6.07) is 14.0. The average Bonchev–Trinajstić information content (AvgIpc) is 2.96. The van der Waals surface area contributed by atoms with Gasteiger partial charge in [0, 0.05) is 40.5 Å². The zero-order valence-electron chi connectivity index (χ0n) is 15.2. The summed E-state index contributed by atoms with van der Waals surface area (Å²) in [5.41, 5.74) is 1.88. The molecule has 0 saturated heterocycles. The Bertz CT molecular complexity index is 1250. The van der Waals surface area contributed by atoms with Crippen molar-refractivity contribution in [3.05, 3.63) is 80.6 Å². The van der Waals surface area contributed by atoms with Gasteiger partial charge in [-0.2, -0.15) is 5.10 Å². The maximum absolute atomic E-state index is 12.9. The molecule has 0 bridgehead atoms. The van der Waals surface area contributed by atoms with Gasteiger partial charge in [0.1, 0.15) is 0 Å². The number of nitrogens with one attached hydrogen (secondary N) is 1. The van der Waals surface area contributed by atoms with Gasteiger partial charge in [0.05, 0.1) is 22.0 Å². The first-order valence-electron chi connectivity index (χ1n) is 8.09. The quantitative estimate of drug-likeness (QED) is 0.295. The summed E-state index contributed by atoms with van der Waals surface area (Å²) in [6.07, 6.45) is 0. The maximum Gasteiger partial charge on any atom is 1.00 e. The Morgan fingerprint density at radius 2 is 1.79 bits per heavy atom. The minimum absolute atomic E-state index is 0. The number of H-pyrrole nitrogens is 1. The monoisotopic (exact) mass is 384 g/mol. The predicted octanol–water partition coefficient (Wildman–Crippen LogP) is -0.325. The Hall–Kier alpha value is -2.94. The molecule has 4 aromatic rings. The van der Waals surface area contributed by atoms with E-state index >= 15 is 0 Å². The van der Waals surface area contributed by atoms with Crippen LogP contribution in [0.3, 0.4) is 0 Å². The molecule has 0 aliphatic carbocycles. The number of para-hydroxylation sites is 1. The van der Waals surface area contributed by atoms with Crippen molar-refractivity contribution in [2.24, 2.45) is 0 Å². The molecule has 0 atom stereocenters. The number of nitro groups is 1. The third-order valence-corrected chi connectivity index (χ3v) is 4.33. The number of rotatable bonds is 3. The van der Waals surface area contributed by atoms with Crippen molar-refractivity contribution in [3.63, 3.8) is 0 Å². The number of nitrogens with zero attached hydrogens (tertiary/aromatic N) is 3. The molecule has 9 heteroatoms. The molecule has 2 aromatic carbocycles. The van der Waals surface area contributed by atoms with E-state index in [1.54, 1.807) is 31.2 Å². The maximum atomic E-state index is 12.9. The van der Waals surface area contributed by atoms with Crippen molar-refractivity contribution < 1.29 is 39.6 Å². The number of aromatic nitrogens is 3. The van der Waals surface area contributed by atoms with Crippen molar-refractivity contribution in [2.75, 3.05) is 0 Å². The fraction of sp³-hybridized carbons (Fsp3) is 0.0526. The molecule has 8 nitrogen and oxygen atoms in total. The van der Waals surface area contributed by atoms with Gasteiger partial charge >= 0.3 is 29.6 Å². The molecule has 2 aromatic heterocycles. The second-order valence-corrected chi connectivity index (χ2v) is 6.04. The molecule has 1 N–H and O–H groups in total. The normalized spacial score (nSPS) is 10.6. The van der Waals surface area contributed by atoms with Crippen LogP contribution in [-0.4, -0.2) is 19.7 Å². The van der Waals surface area contributed by atoms with E-state index < -0.39 is 10.8 Å². The van der Waals surface area contributed by atoms with Crippen molar-refractivity contribution >= 4 is 16.6 Å². The number of aryl methyl sites for hydroxylation is 1. The topological polar surface area (TPSA) is 117 Å². The van der Waals surface area contributed by atoms with Crippen molar-refractivity contribution in [3.8, 4) is 22.8 Å². The van der Waals surface area contributed by atoms with Crippen LogP contribution in [0, 0.1) is 17.0 Å². The second-order valence-electron chi connectivity index (χ2n) is 6.04. The minimum atomic E-state index is -0.512. The summed E-state index contributed by atoms with van der Waals surface area (Å²) in [6.45, 7) is 1.67. The number of aromatic amines is 1. The minimum Gasteiger partial charge on any atom is -0.858 e. The average molecular weight is 384 g/mol. The van der Waals surface area contributed by atoms with E-state index in [9.17, 15) is 20.0 Å². The number of hydrogen-bond donors (Lipinski definition) is 1. The molecular weight excluding hydrogens is 371 g/mol. The Labute approximate surface area is 180 Å². The molecule has 0 saturated carbocycles. The zero-order valence-corrected chi connectivity index (χ0v) is 17.2. The Morgan fingerprint density at radius 3 is 2.46 bits per heavy atom. The van der Waals surface area contributed by atoms with Crippen LogP contribution in [0.2, 0.25) is 0 Å². The molecule has 0 aliphatic rings. The summed E-state index contributed by atoms with van der Waals surface area (Å²) < 4.78 is 1.17. The Morgan fingerprint density at radius 1 is 1.11 bits per heavy atom. The van der Waals surface area contributed by atoms with Gasteiger partial charge in [-0.15, -0.1) is 0 Å². The third kappa shape index (κ3) is 3.33. The van der Waals surface area contributed by atoms with E-state index in [0.29, 0.717) is 28.0 Å². The number of nitro benzene ring substituents is 1. The number of benzene rings is 2. The van der Waals surface area contributed by atoms with Gasteiger partial charge in [0.25, 0.3) is 5.69 Å². The third-order valence-electron chi connectivity index (χ3n) is 4.33. The molecule has 0 aliphatic heterocycles. The van der Waals surface area contributed by atoms with Crippen LogP contribution in [0.25, 0.3) is 27.8 Å². The van der Waals surface area contributed by atoms with Crippen LogP contribution in [0.1, 0.15) is 5.69 Å². The molecule has 0 unspecified atom stereocenters. The van der Waals surface area contributed by atoms with E-state index in [4.69, 9.17) is 0 Å². The first-order valence-corrected chi connectivity index (χ1v) is 8.09. The fourth-order valence-electron chi connectivity index (χ4n) is 3.04. The zero-order chi connectivity index (χ0) is 19.1. The molecule has 28 heavy (non-hydrogen) atoms. The number of pyridine rings is 1. The molecule has 2 heterocycles. The van der Waals surface area contributed by atoms with Crippen LogP contribution in [0.5, 0.6) is 5.88 Å². The van der Waals surface area contributed by atoms with Crippen LogP contribution in [0.15, 0.2) is 59.4 Å². The van der Waals surface area contributed by atoms with E-state index in [-0.39, 0.29) is 46.2 Å². The van der Waals surface area contributed by atoms with Gasteiger partial charge in [-0.05, 0) is 31.2 Å². The SMILES string of the molecule is Cc1nn(-c2ccc([N+](=O)[O-])cc2)c([O-])c1-c1cc(=O)c2ccccc2[nH]1.[Na+]. The first-order chi connectivity index (χ1) is 13.0.